The molecular formula is C28H20FN7O2. The number of nitriles is 1. The van der Waals surface area contributed by atoms with Crippen LogP contribution in [0.3, 0.4) is 0 Å². The molecule has 0 aliphatic carbocycles. The third kappa shape index (κ3) is 4.40. The lowest BCUT2D eigenvalue weighted by molar-refractivity contribution is -0.111. The first-order chi connectivity index (χ1) is 18.4. The van der Waals surface area contributed by atoms with Gasteiger partial charge in [-0.3, -0.25) is 4.79 Å². The predicted molar refractivity (Wildman–Crippen MR) is 142 cm³/mol. The smallest absolute Gasteiger partial charge is 0.322 e. The zero-order valence-corrected chi connectivity index (χ0v) is 20.1. The summed E-state index contributed by atoms with van der Waals surface area (Å²) in [6, 6.07) is 16.7. The number of pyridine rings is 1. The molecule has 3 N–H and O–H groups in total. The molecule has 186 valence electrons. The molecule has 0 unspecified atom stereocenters. The zero-order chi connectivity index (χ0) is 26.8. The van der Waals surface area contributed by atoms with E-state index in [9.17, 15) is 14.4 Å². The monoisotopic (exact) mass is 505 g/mol. The number of nitrogens with two attached hydrogens (primary N) is 1. The van der Waals surface area contributed by atoms with E-state index in [4.69, 9.17) is 10.5 Å². The Morgan fingerprint density at radius 2 is 1.74 bits per heavy atom. The molecule has 10 heteroatoms. The summed E-state index contributed by atoms with van der Waals surface area (Å²) in [4.78, 5) is 23.6. The van der Waals surface area contributed by atoms with Gasteiger partial charge in [0.05, 0.1) is 34.6 Å². The number of aryl methyl sites for hydroxylation is 1. The minimum absolute atomic E-state index is 0.0146. The zero-order valence-electron chi connectivity index (χ0n) is 20.1. The maximum atomic E-state index is 13.1. The first-order valence-corrected chi connectivity index (χ1v) is 11.4. The Kier molecular flexibility index (Phi) is 6.25. The molecule has 0 spiro atoms. The lowest BCUT2D eigenvalue weighted by atomic mass is 9.98. The van der Waals surface area contributed by atoms with Crippen LogP contribution in [-0.4, -0.2) is 25.4 Å². The Morgan fingerprint density at radius 1 is 1.08 bits per heavy atom. The highest BCUT2D eigenvalue weighted by Gasteiger charge is 2.23. The largest absolute Gasteiger partial charge is 0.424 e. The van der Waals surface area contributed by atoms with Gasteiger partial charge in [-0.2, -0.15) is 5.26 Å². The Balaban J connectivity index is 1.64. The van der Waals surface area contributed by atoms with Crippen molar-refractivity contribution in [3.05, 3.63) is 91.2 Å². The first kappa shape index (κ1) is 24.1. The van der Waals surface area contributed by atoms with Gasteiger partial charge in [0.15, 0.2) is 5.82 Å². The number of hydrogen-bond donors (Lipinski definition) is 2. The number of hydrogen-bond acceptors (Lipinski definition) is 7. The van der Waals surface area contributed by atoms with Gasteiger partial charge in [-0.1, -0.05) is 30.8 Å². The summed E-state index contributed by atoms with van der Waals surface area (Å²) in [7, 11) is 1.86. The molecule has 3 aromatic heterocycles. The van der Waals surface area contributed by atoms with E-state index in [0.29, 0.717) is 27.9 Å². The summed E-state index contributed by atoms with van der Waals surface area (Å²) in [5, 5.41) is 13.2. The molecular weight excluding hydrogens is 485 g/mol. The van der Waals surface area contributed by atoms with Crippen molar-refractivity contribution in [3.63, 3.8) is 0 Å². The fraction of sp³-hybridized carbons (Fsp3) is 0.0357. The number of anilines is 2. The van der Waals surface area contributed by atoms with Gasteiger partial charge in [-0.15, -0.1) is 0 Å². The van der Waals surface area contributed by atoms with Gasteiger partial charge in [0, 0.05) is 24.5 Å². The average molecular weight is 506 g/mol. The molecule has 0 bridgehead atoms. The van der Waals surface area contributed by atoms with Gasteiger partial charge >= 0.3 is 6.01 Å². The topological polar surface area (TPSA) is 132 Å². The summed E-state index contributed by atoms with van der Waals surface area (Å²) < 4.78 is 20.7. The number of fused-ring (bicyclic) bond motifs is 1. The van der Waals surface area contributed by atoms with Crippen LogP contribution in [0.15, 0.2) is 79.8 Å². The van der Waals surface area contributed by atoms with E-state index in [2.05, 4.69) is 32.9 Å². The summed E-state index contributed by atoms with van der Waals surface area (Å²) in [5.41, 5.74) is 11.2. The molecule has 2 aromatic carbocycles. The lowest BCUT2D eigenvalue weighted by Crippen LogP contribution is -2.06. The molecule has 3 heterocycles. The fourth-order valence-corrected chi connectivity index (χ4v) is 4.26. The number of amides is 1. The van der Waals surface area contributed by atoms with Crippen LogP contribution in [0.1, 0.15) is 5.56 Å². The lowest BCUT2D eigenvalue weighted by Gasteiger charge is -2.11. The normalized spacial score (nSPS) is 10.7. The summed E-state index contributed by atoms with van der Waals surface area (Å²) >= 11 is 0. The highest BCUT2D eigenvalue weighted by Crippen LogP contribution is 2.43. The number of nitrogens with one attached hydrogen (secondary N) is 1. The van der Waals surface area contributed by atoms with Crippen molar-refractivity contribution < 1.29 is 13.9 Å². The van der Waals surface area contributed by atoms with Gasteiger partial charge in [0.25, 0.3) is 0 Å². The minimum atomic E-state index is -0.560. The number of halogens is 1. The van der Waals surface area contributed by atoms with Crippen molar-refractivity contribution in [3.8, 4) is 40.2 Å². The van der Waals surface area contributed by atoms with Gasteiger partial charge < -0.3 is 20.4 Å². The van der Waals surface area contributed by atoms with Crippen LogP contribution in [-0.2, 0) is 11.8 Å². The summed E-state index contributed by atoms with van der Waals surface area (Å²) in [6.07, 6.45) is 4.70. The molecule has 0 saturated heterocycles. The van der Waals surface area contributed by atoms with Gasteiger partial charge in [0.2, 0.25) is 5.91 Å². The van der Waals surface area contributed by atoms with E-state index in [1.54, 1.807) is 24.3 Å². The van der Waals surface area contributed by atoms with Gasteiger partial charge in [-0.25, -0.2) is 19.3 Å². The number of nitrogens with zero attached hydrogens (tertiary/aromatic N) is 5. The van der Waals surface area contributed by atoms with Crippen LogP contribution in [0.25, 0.3) is 33.3 Å². The Morgan fingerprint density at radius 3 is 2.37 bits per heavy atom. The van der Waals surface area contributed by atoms with E-state index >= 15 is 0 Å². The van der Waals surface area contributed by atoms with Crippen molar-refractivity contribution in [2.75, 3.05) is 11.1 Å². The number of benzene rings is 2. The highest BCUT2D eigenvalue weighted by molar-refractivity contribution is 6.10. The first-order valence-electron chi connectivity index (χ1n) is 11.4. The van der Waals surface area contributed by atoms with E-state index in [1.165, 1.54) is 12.3 Å². The van der Waals surface area contributed by atoms with Gasteiger partial charge in [0.1, 0.15) is 17.6 Å². The fourth-order valence-electron chi connectivity index (χ4n) is 4.26. The van der Waals surface area contributed by atoms with Crippen molar-refractivity contribution in [1.29, 1.82) is 5.26 Å². The van der Waals surface area contributed by atoms with E-state index in [0.717, 1.165) is 34.8 Å². The Hall–Kier alpha value is -5.56. The minimum Gasteiger partial charge on any atom is -0.424 e. The molecule has 5 aromatic rings. The van der Waals surface area contributed by atoms with Crippen LogP contribution >= 0.6 is 0 Å². The van der Waals surface area contributed by atoms with Crippen LogP contribution < -0.4 is 15.8 Å². The molecule has 0 radical (unpaired) electrons. The van der Waals surface area contributed by atoms with Crippen LogP contribution in [0.2, 0.25) is 0 Å². The predicted octanol–water partition coefficient (Wildman–Crippen LogP) is 5.21. The Bertz CT molecular complexity index is 1720. The van der Waals surface area contributed by atoms with Gasteiger partial charge in [-0.05, 0) is 41.5 Å². The average Bonchev–Trinajstić information content (AvgIpc) is 3.25. The summed E-state index contributed by atoms with van der Waals surface area (Å²) in [5.74, 6) is -0.136. The number of nitrogen functional groups attached to an aromatic ring is 1. The third-order valence-electron chi connectivity index (χ3n) is 5.92. The van der Waals surface area contributed by atoms with Crippen LogP contribution in [0.5, 0.6) is 11.8 Å². The van der Waals surface area contributed by atoms with E-state index in [1.807, 2.05) is 35.9 Å². The number of carbonyl (C=O) groups is 1. The molecule has 0 saturated carbocycles. The molecule has 0 atom stereocenters. The van der Waals surface area contributed by atoms with Crippen molar-refractivity contribution in [2.45, 2.75) is 0 Å². The number of ether oxygens (including phenoxy) is 1. The number of carbonyl (C=O) groups excluding carboxylic acids is 1. The quantitative estimate of drug-likeness (QED) is 0.303. The van der Waals surface area contributed by atoms with E-state index in [-0.39, 0.29) is 17.7 Å². The highest BCUT2D eigenvalue weighted by atomic mass is 19.1. The standard InChI is InChI=1S/C28H20FN7O2/c1-3-22(37)35-20-8-4-17(5-9-20)25-23(24-26(36(25)2)18(12-30)13-32-27(24)31)16-6-10-21(11-7-16)38-28-33-14-19(29)15-34-28/h3-11,13-15H,1H2,2H3,(H2,31,32)(H,35,37). The summed E-state index contributed by atoms with van der Waals surface area (Å²) in [6.45, 7) is 3.47. The van der Waals surface area contributed by atoms with Crippen LogP contribution in [0, 0.1) is 17.1 Å². The molecule has 5 rings (SSSR count). The molecule has 0 fully saturated rings. The number of aromatic nitrogens is 4. The van der Waals surface area contributed by atoms with Crippen LogP contribution in [0.4, 0.5) is 15.9 Å². The molecule has 9 nitrogen and oxygen atoms in total. The maximum Gasteiger partial charge on any atom is 0.322 e. The second-order valence-electron chi connectivity index (χ2n) is 8.26. The van der Waals surface area contributed by atoms with Crippen molar-refractivity contribution >= 4 is 28.3 Å². The van der Waals surface area contributed by atoms with Crippen molar-refractivity contribution in [2.24, 2.45) is 7.05 Å². The molecule has 1 amide bonds. The van der Waals surface area contributed by atoms with Crippen molar-refractivity contribution in [1.82, 2.24) is 19.5 Å². The SMILES string of the molecule is C=CC(=O)Nc1ccc(-c2c(-c3ccc(Oc4ncc(F)cn4)cc3)c3c(N)ncc(C#N)c3n2C)cc1. The second kappa shape index (κ2) is 9.83. The molecule has 0 aliphatic heterocycles. The third-order valence-corrected chi connectivity index (χ3v) is 5.92. The maximum absolute atomic E-state index is 13.1. The number of rotatable bonds is 6. The second-order valence-corrected chi connectivity index (χ2v) is 8.26. The molecule has 38 heavy (non-hydrogen) atoms. The molecule has 0 aliphatic rings. The van der Waals surface area contributed by atoms with E-state index < -0.39 is 5.82 Å². The Labute approximate surface area is 216 Å².